The molecule has 1 aromatic heterocycles. The molecule has 0 aromatic carbocycles. The maximum Gasteiger partial charge on any atom is 0.330 e. The smallest absolute Gasteiger partial charge is 0.330 e. The van der Waals surface area contributed by atoms with Crippen molar-refractivity contribution in [2.75, 3.05) is 6.54 Å². The topological polar surface area (TPSA) is 105 Å². The zero-order valence-corrected chi connectivity index (χ0v) is 10.4. The lowest BCUT2D eigenvalue weighted by atomic mass is 9.85. The molecule has 0 aliphatic rings. The van der Waals surface area contributed by atoms with Crippen LogP contribution < -0.4 is 11.1 Å². The van der Waals surface area contributed by atoms with Crippen molar-refractivity contribution in [2.24, 2.45) is 5.73 Å². The molecule has 0 fully saturated rings. The Bertz CT molecular complexity index is 431. The molecule has 0 aliphatic carbocycles. The predicted octanol–water partition coefficient (Wildman–Crippen LogP) is -0.113. The van der Waals surface area contributed by atoms with E-state index in [0.717, 1.165) is 5.56 Å². The Morgan fingerprint density at radius 3 is 2.72 bits per heavy atom. The van der Waals surface area contributed by atoms with E-state index < -0.39 is 17.9 Å². The highest BCUT2D eigenvalue weighted by atomic mass is 16.4. The van der Waals surface area contributed by atoms with Crippen LogP contribution in [-0.2, 0) is 15.0 Å². The third-order valence-electron chi connectivity index (χ3n) is 2.70. The fourth-order valence-electron chi connectivity index (χ4n) is 1.40. The van der Waals surface area contributed by atoms with Gasteiger partial charge >= 0.3 is 5.97 Å². The van der Waals surface area contributed by atoms with E-state index in [2.05, 4.69) is 10.3 Å². The highest BCUT2D eigenvalue weighted by Crippen LogP contribution is 2.20. The molecule has 1 heterocycles. The summed E-state index contributed by atoms with van der Waals surface area (Å²) in [6.07, 6.45) is 3.38. The van der Waals surface area contributed by atoms with Gasteiger partial charge in [-0.3, -0.25) is 9.78 Å². The summed E-state index contributed by atoms with van der Waals surface area (Å²) in [5, 5.41) is 11.1. The highest BCUT2D eigenvalue weighted by Gasteiger charge is 2.25. The molecule has 98 valence electrons. The van der Waals surface area contributed by atoms with Crippen LogP contribution in [0.4, 0.5) is 0 Å². The summed E-state index contributed by atoms with van der Waals surface area (Å²) in [6, 6.07) is 2.17. The van der Waals surface area contributed by atoms with Gasteiger partial charge in [-0.25, -0.2) is 4.79 Å². The van der Waals surface area contributed by atoms with E-state index in [9.17, 15) is 9.59 Å². The molecule has 0 saturated carbocycles. The largest absolute Gasteiger partial charge is 0.480 e. The Morgan fingerprint density at radius 1 is 1.56 bits per heavy atom. The molecule has 1 amide bonds. The van der Waals surface area contributed by atoms with Crippen molar-refractivity contribution in [3.63, 3.8) is 0 Å². The Labute approximate surface area is 105 Å². The molecule has 6 heteroatoms. The van der Waals surface area contributed by atoms with Gasteiger partial charge in [0, 0.05) is 24.4 Å². The van der Waals surface area contributed by atoms with Gasteiger partial charge in [-0.1, -0.05) is 19.9 Å². The van der Waals surface area contributed by atoms with E-state index in [0.29, 0.717) is 6.54 Å². The van der Waals surface area contributed by atoms with Crippen LogP contribution in [0.25, 0.3) is 0 Å². The van der Waals surface area contributed by atoms with E-state index in [1.165, 1.54) is 0 Å². The van der Waals surface area contributed by atoms with Crippen LogP contribution in [0, 0.1) is 0 Å². The highest BCUT2D eigenvalue weighted by molar-refractivity contribution is 6.00. The third kappa shape index (κ3) is 3.53. The second-order valence-corrected chi connectivity index (χ2v) is 4.66. The molecule has 0 radical (unpaired) electrons. The number of carboxylic acid groups (broad SMARTS) is 1. The second kappa shape index (κ2) is 5.59. The number of pyridine rings is 1. The summed E-state index contributed by atoms with van der Waals surface area (Å²) < 4.78 is 0. The minimum atomic E-state index is -1.53. The lowest BCUT2D eigenvalue weighted by Crippen LogP contribution is -2.48. The zero-order chi connectivity index (χ0) is 13.8. The third-order valence-corrected chi connectivity index (χ3v) is 2.70. The molecule has 1 atom stereocenters. The van der Waals surface area contributed by atoms with Gasteiger partial charge in [0.05, 0.1) is 0 Å². The molecular weight excluding hydrogens is 234 g/mol. The zero-order valence-electron chi connectivity index (χ0n) is 10.4. The first-order valence-electron chi connectivity index (χ1n) is 5.51. The summed E-state index contributed by atoms with van der Waals surface area (Å²) in [5.41, 5.74) is 5.81. The molecule has 0 bridgehead atoms. The van der Waals surface area contributed by atoms with Crippen molar-refractivity contribution in [3.8, 4) is 0 Å². The SMILES string of the molecule is CC(C)(CNC(=O)C(N)C(=O)O)c1cccnc1. The van der Waals surface area contributed by atoms with Gasteiger partial charge in [-0.2, -0.15) is 0 Å². The Kier molecular flexibility index (Phi) is 4.38. The number of hydrogen-bond acceptors (Lipinski definition) is 4. The average molecular weight is 251 g/mol. The Morgan fingerprint density at radius 2 is 2.22 bits per heavy atom. The molecule has 1 rings (SSSR count). The monoisotopic (exact) mass is 251 g/mol. The van der Waals surface area contributed by atoms with Crippen LogP contribution in [-0.4, -0.2) is 34.6 Å². The fraction of sp³-hybridized carbons (Fsp3) is 0.417. The Hall–Kier alpha value is -1.95. The second-order valence-electron chi connectivity index (χ2n) is 4.66. The van der Waals surface area contributed by atoms with E-state index in [1.54, 1.807) is 12.4 Å². The maximum absolute atomic E-state index is 11.4. The number of amides is 1. The van der Waals surface area contributed by atoms with Crippen molar-refractivity contribution in [1.29, 1.82) is 0 Å². The summed E-state index contributed by atoms with van der Waals surface area (Å²) in [7, 11) is 0. The molecule has 0 spiro atoms. The molecule has 18 heavy (non-hydrogen) atoms. The van der Waals surface area contributed by atoms with E-state index in [4.69, 9.17) is 10.8 Å². The van der Waals surface area contributed by atoms with Crippen LogP contribution in [0.3, 0.4) is 0 Å². The van der Waals surface area contributed by atoms with Crippen molar-refractivity contribution in [3.05, 3.63) is 30.1 Å². The number of nitrogens with two attached hydrogens (primary N) is 1. The van der Waals surface area contributed by atoms with Gasteiger partial charge < -0.3 is 16.2 Å². The first-order chi connectivity index (χ1) is 8.34. The first-order valence-corrected chi connectivity index (χ1v) is 5.51. The number of carbonyl (C=O) groups excluding carboxylic acids is 1. The van der Waals surface area contributed by atoms with Gasteiger partial charge in [-0.05, 0) is 11.6 Å². The van der Waals surface area contributed by atoms with Crippen LogP contribution in [0.15, 0.2) is 24.5 Å². The van der Waals surface area contributed by atoms with Crippen LogP contribution in [0.1, 0.15) is 19.4 Å². The first kappa shape index (κ1) is 14.1. The fourth-order valence-corrected chi connectivity index (χ4v) is 1.40. The summed E-state index contributed by atoms with van der Waals surface area (Å²) in [4.78, 5) is 26.0. The average Bonchev–Trinajstić information content (AvgIpc) is 2.36. The Balaban J connectivity index is 2.63. The lowest BCUT2D eigenvalue weighted by molar-refractivity contribution is -0.142. The molecule has 1 aromatic rings. The summed E-state index contributed by atoms with van der Waals surface area (Å²) >= 11 is 0. The van der Waals surface area contributed by atoms with E-state index >= 15 is 0 Å². The van der Waals surface area contributed by atoms with Crippen LogP contribution in [0.2, 0.25) is 0 Å². The normalized spacial score (nSPS) is 12.8. The molecule has 1 unspecified atom stereocenters. The van der Waals surface area contributed by atoms with Crippen molar-refractivity contribution in [2.45, 2.75) is 25.3 Å². The van der Waals surface area contributed by atoms with Gasteiger partial charge in [0.2, 0.25) is 5.91 Å². The maximum atomic E-state index is 11.4. The van der Waals surface area contributed by atoms with Crippen molar-refractivity contribution < 1.29 is 14.7 Å². The molecule has 4 N–H and O–H groups in total. The van der Waals surface area contributed by atoms with E-state index in [1.807, 2.05) is 26.0 Å². The summed E-state index contributed by atoms with van der Waals surface area (Å²) in [5.74, 6) is -2.04. The van der Waals surface area contributed by atoms with Gasteiger partial charge in [-0.15, -0.1) is 0 Å². The molecule has 0 aliphatic heterocycles. The molecule has 6 nitrogen and oxygen atoms in total. The minimum absolute atomic E-state index is 0.290. The number of aliphatic carboxylic acids is 1. The van der Waals surface area contributed by atoms with Gasteiger partial charge in [0.15, 0.2) is 6.04 Å². The van der Waals surface area contributed by atoms with Crippen LogP contribution in [0.5, 0.6) is 0 Å². The quantitative estimate of drug-likeness (QED) is 0.633. The number of nitrogens with zero attached hydrogens (tertiary/aromatic N) is 1. The number of carboxylic acids is 1. The van der Waals surface area contributed by atoms with E-state index in [-0.39, 0.29) is 5.41 Å². The number of nitrogens with one attached hydrogen (secondary N) is 1. The lowest BCUT2D eigenvalue weighted by Gasteiger charge is -2.25. The molecule has 0 saturated heterocycles. The standard InChI is InChI=1S/C12H17N3O3/c1-12(2,8-4-3-5-14-6-8)7-15-10(16)9(13)11(17)18/h3-6,9H,7,13H2,1-2H3,(H,15,16)(H,17,18). The van der Waals surface area contributed by atoms with Crippen molar-refractivity contribution in [1.82, 2.24) is 10.3 Å². The van der Waals surface area contributed by atoms with Gasteiger partial charge in [0.1, 0.15) is 0 Å². The number of aromatic nitrogens is 1. The summed E-state index contributed by atoms with van der Waals surface area (Å²) in [6.45, 7) is 4.14. The van der Waals surface area contributed by atoms with Crippen molar-refractivity contribution >= 4 is 11.9 Å². The number of hydrogen-bond donors (Lipinski definition) is 3. The number of rotatable bonds is 5. The van der Waals surface area contributed by atoms with Gasteiger partial charge in [0.25, 0.3) is 0 Å². The predicted molar refractivity (Wildman–Crippen MR) is 65.9 cm³/mol. The van der Waals surface area contributed by atoms with Crippen LogP contribution >= 0.6 is 0 Å². The number of carbonyl (C=O) groups is 2. The molecular formula is C12H17N3O3. The minimum Gasteiger partial charge on any atom is -0.480 e.